The van der Waals surface area contributed by atoms with Gasteiger partial charge in [-0.15, -0.1) is 0 Å². The van der Waals surface area contributed by atoms with Crippen LogP contribution in [0.5, 0.6) is 0 Å². The third-order valence-corrected chi connectivity index (χ3v) is 6.05. The van der Waals surface area contributed by atoms with Crippen molar-refractivity contribution in [3.05, 3.63) is 35.9 Å². The van der Waals surface area contributed by atoms with Crippen LogP contribution in [-0.4, -0.2) is 76.7 Å². The van der Waals surface area contributed by atoms with Gasteiger partial charge in [0.1, 0.15) is 18.1 Å². The average Bonchev–Trinajstić information content (AvgIpc) is 2.86. The van der Waals surface area contributed by atoms with Crippen molar-refractivity contribution in [2.75, 3.05) is 6.54 Å². The molecule has 11 N–H and O–H groups in total. The molecule has 0 aliphatic heterocycles. The summed E-state index contributed by atoms with van der Waals surface area (Å²) in [5, 5.41) is 27.2. The molecule has 1 rings (SSSR count). The van der Waals surface area contributed by atoms with Crippen LogP contribution in [0.25, 0.3) is 0 Å². The summed E-state index contributed by atoms with van der Waals surface area (Å²) in [4.78, 5) is 54.2. The number of nitrogens with two attached hydrogens (primary N) is 3. The molecule has 3 amide bonds. The van der Waals surface area contributed by atoms with E-state index >= 15 is 0 Å². The molecule has 0 radical (unpaired) electrons. The molecular weight excluding hydrogens is 494 g/mol. The number of carboxylic acid groups (broad SMARTS) is 1. The molecular formula is C25H41N7O6. The second-order valence-corrected chi connectivity index (χ2v) is 9.24. The maximum Gasteiger partial charge on any atom is 0.326 e. The highest BCUT2D eigenvalue weighted by Crippen LogP contribution is 2.11. The first kappa shape index (κ1) is 32.3. The summed E-state index contributed by atoms with van der Waals surface area (Å²) in [6, 6.07) is 4.36. The molecule has 0 saturated carbocycles. The van der Waals surface area contributed by atoms with E-state index in [1.165, 1.54) is 6.92 Å². The van der Waals surface area contributed by atoms with Gasteiger partial charge < -0.3 is 43.4 Å². The Kier molecular flexibility index (Phi) is 13.8. The predicted molar refractivity (Wildman–Crippen MR) is 143 cm³/mol. The fraction of sp³-hybridized carbons (Fsp3) is 0.560. The zero-order chi connectivity index (χ0) is 28.8. The van der Waals surface area contributed by atoms with E-state index in [2.05, 4.69) is 20.9 Å². The van der Waals surface area contributed by atoms with Crippen molar-refractivity contribution < 1.29 is 29.4 Å². The number of nitrogens with zero attached hydrogens (tertiary/aromatic N) is 1. The SMILES string of the molecule is CCC(C)C(NC(=O)C(NC(=O)C(N)Cc1ccccc1)C(C)O)C(=O)NC(CCCN=C(N)N)C(=O)O. The third-order valence-electron chi connectivity index (χ3n) is 6.05. The second kappa shape index (κ2) is 16.2. The Bertz CT molecular complexity index is 953. The van der Waals surface area contributed by atoms with E-state index in [9.17, 15) is 29.4 Å². The van der Waals surface area contributed by atoms with Gasteiger partial charge in [0.25, 0.3) is 0 Å². The summed E-state index contributed by atoms with van der Waals surface area (Å²) in [5.74, 6) is -3.93. The fourth-order valence-corrected chi connectivity index (χ4v) is 3.59. The quantitative estimate of drug-likeness (QED) is 0.0703. The topological polar surface area (TPSA) is 235 Å². The Morgan fingerprint density at radius 3 is 2.05 bits per heavy atom. The van der Waals surface area contributed by atoms with Crippen LogP contribution in [0.1, 0.15) is 45.6 Å². The van der Waals surface area contributed by atoms with Gasteiger partial charge in [0, 0.05) is 6.54 Å². The number of aliphatic hydroxyl groups is 1. The van der Waals surface area contributed by atoms with Crippen LogP contribution in [0.15, 0.2) is 35.3 Å². The third kappa shape index (κ3) is 11.1. The Morgan fingerprint density at radius 1 is 0.947 bits per heavy atom. The van der Waals surface area contributed by atoms with Crippen LogP contribution in [-0.2, 0) is 25.6 Å². The highest BCUT2D eigenvalue weighted by atomic mass is 16.4. The number of aliphatic imine (C=N–C) groups is 1. The molecule has 0 aromatic heterocycles. The molecule has 6 atom stereocenters. The Balaban J connectivity index is 2.91. The number of carbonyl (C=O) groups excluding carboxylic acids is 3. The van der Waals surface area contributed by atoms with E-state index in [1.807, 2.05) is 30.3 Å². The van der Waals surface area contributed by atoms with Crippen molar-refractivity contribution in [1.82, 2.24) is 16.0 Å². The monoisotopic (exact) mass is 535 g/mol. The number of hydrogen-bond donors (Lipinski definition) is 8. The number of nitrogens with one attached hydrogen (secondary N) is 3. The van der Waals surface area contributed by atoms with E-state index in [-0.39, 0.29) is 31.3 Å². The molecule has 0 aliphatic rings. The van der Waals surface area contributed by atoms with Crippen LogP contribution in [0.4, 0.5) is 0 Å². The standard InChI is InChI=1S/C25H41N7O6/c1-4-14(2)19(22(35)30-18(24(37)38)11-8-12-29-25(27)28)31-23(36)20(15(3)33)32-21(34)17(26)13-16-9-6-5-7-10-16/h5-7,9-10,14-15,17-20,33H,4,8,11-13,26H2,1-3H3,(H,30,35)(H,31,36)(H,32,34)(H,37,38)(H4,27,28,29). The number of amides is 3. The number of rotatable bonds is 16. The number of guanidine groups is 1. The van der Waals surface area contributed by atoms with Gasteiger partial charge in [-0.3, -0.25) is 19.4 Å². The Morgan fingerprint density at radius 2 is 1.53 bits per heavy atom. The lowest BCUT2D eigenvalue weighted by atomic mass is 9.96. The van der Waals surface area contributed by atoms with Crippen LogP contribution < -0.4 is 33.2 Å². The highest BCUT2D eigenvalue weighted by molar-refractivity contribution is 5.94. The largest absolute Gasteiger partial charge is 0.480 e. The zero-order valence-electron chi connectivity index (χ0n) is 22.1. The van der Waals surface area contributed by atoms with E-state index in [0.717, 1.165) is 5.56 Å². The number of hydrogen-bond acceptors (Lipinski definition) is 7. The molecule has 212 valence electrons. The Labute approximate surface area is 222 Å². The van der Waals surface area contributed by atoms with E-state index in [0.29, 0.717) is 12.8 Å². The van der Waals surface area contributed by atoms with Crippen LogP contribution in [0.3, 0.4) is 0 Å². The summed E-state index contributed by atoms with van der Waals surface area (Å²) in [6.07, 6.45) is -0.238. The first-order valence-corrected chi connectivity index (χ1v) is 12.5. The smallest absolute Gasteiger partial charge is 0.326 e. The molecule has 0 spiro atoms. The van der Waals surface area contributed by atoms with Gasteiger partial charge in [0.2, 0.25) is 17.7 Å². The molecule has 0 fully saturated rings. The van der Waals surface area contributed by atoms with Gasteiger partial charge in [-0.25, -0.2) is 4.79 Å². The lowest BCUT2D eigenvalue weighted by molar-refractivity contribution is -0.143. The van der Waals surface area contributed by atoms with Crippen molar-refractivity contribution in [3.8, 4) is 0 Å². The normalized spacial score (nSPS) is 15.6. The molecule has 0 aliphatic carbocycles. The van der Waals surface area contributed by atoms with Crippen molar-refractivity contribution in [2.24, 2.45) is 28.1 Å². The number of carbonyl (C=O) groups is 4. The number of carboxylic acids is 1. The summed E-state index contributed by atoms with van der Waals surface area (Å²) in [6.45, 7) is 5.03. The molecule has 6 unspecified atom stereocenters. The van der Waals surface area contributed by atoms with Crippen LogP contribution in [0.2, 0.25) is 0 Å². The van der Waals surface area contributed by atoms with Crippen LogP contribution in [0, 0.1) is 5.92 Å². The molecule has 0 heterocycles. The molecule has 13 heteroatoms. The minimum absolute atomic E-state index is 0.0602. The maximum absolute atomic E-state index is 13.1. The summed E-state index contributed by atoms with van der Waals surface area (Å²) < 4.78 is 0. The lowest BCUT2D eigenvalue weighted by Gasteiger charge is -2.29. The van der Waals surface area contributed by atoms with E-state index < -0.39 is 54.0 Å². The molecule has 0 bridgehead atoms. The summed E-state index contributed by atoms with van der Waals surface area (Å²) >= 11 is 0. The summed E-state index contributed by atoms with van der Waals surface area (Å²) in [5.41, 5.74) is 17.4. The minimum Gasteiger partial charge on any atom is -0.480 e. The first-order valence-electron chi connectivity index (χ1n) is 12.5. The fourth-order valence-electron chi connectivity index (χ4n) is 3.59. The van der Waals surface area contributed by atoms with Crippen molar-refractivity contribution in [1.29, 1.82) is 0 Å². The van der Waals surface area contributed by atoms with Gasteiger partial charge in [0.05, 0.1) is 12.1 Å². The number of aliphatic hydroxyl groups excluding tert-OH is 1. The predicted octanol–water partition coefficient (Wildman–Crippen LogP) is -1.42. The highest BCUT2D eigenvalue weighted by Gasteiger charge is 2.34. The molecule has 1 aromatic rings. The molecule has 1 aromatic carbocycles. The van der Waals surface area contributed by atoms with Gasteiger partial charge >= 0.3 is 5.97 Å². The second-order valence-electron chi connectivity index (χ2n) is 9.24. The average molecular weight is 536 g/mol. The molecule has 38 heavy (non-hydrogen) atoms. The van der Waals surface area contributed by atoms with Gasteiger partial charge in [-0.2, -0.15) is 0 Å². The van der Waals surface area contributed by atoms with Crippen molar-refractivity contribution in [3.63, 3.8) is 0 Å². The van der Waals surface area contributed by atoms with E-state index in [4.69, 9.17) is 17.2 Å². The molecule has 0 saturated heterocycles. The molecule has 13 nitrogen and oxygen atoms in total. The number of aliphatic carboxylic acids is 1. The first-order chi connectivity index (χ1) is 17.9. The van der Waals surface area contributed by atoms with Crippen LogP contribution >= 0.6 is 0 Å². The maximum atomic E-state index is 13.1. The lowest BCUT2D eigenvalue weighted by Crippen LogP contribution is -2.61. The summed E-state index contributed by atoms with van der Waals surface area (Å²) in [7, 11) is 0. The van der Waals surface area contributed by atoms with Gasteiger partial charge in [-0.1, -0.05) is 50.6 Å². The van der Waals surface area contributed by atoms with Gasteiger partial charge in [-0.05, 0) is 37.7 Å². The van der Waals surface area contributed by atoms with E-state index in [1.54, 1.807) is 13.8 Å². The van der Waals surface area contributed by atoms with Crippen molar-refractivity contribution in [2.45, 2.75) is 76.7 Å². The Hall–Kier alpha value is -3.71. The number of benzene rings is 1. The zero-order valence-corrected chi connectivity index (χ0v) is 22.1. The van der Waals surface area contributed by atoms with Gasteiger partial charge in [0.15, 0.2) is 5.96 Å². The minimum atomic E-state index is -1.39. The van der Waals surface area contributed by atoms with Crippen molar-refractivity contribution >= 4 is 29.7 Å².